The van der Waals surface area contributed by atoms with Crippen LogP contribution in [0.5, 0.6) is 0 Å². The molecule has 132 valence electrons. The Hall–Kier alpha value is -0.790. The molecule has 0 saturated carbocycles. The van der Waals surface area contributed by atoms with E-state index in [1.165, 1.54) is 0 Å². The lowest BCUT2D eigenvalue weighted by Gasteiger charge is -2.21. The van der Waals surface area contributed by atoms with Gasteiger partial charge in [-0.2, -0.15) is 0 Å². The molecule has 0 aromatic rings. The van der Waals surface area contributed by atoms with Crippen molar-refractivity contribution in [3.63, 3.8) is 0 Å². The Balaban J connectivity index is 0. The molecule has 13 heteroatoms. The van der Waals surface area contributed by atoms with Gasteiger partial charge in [0.1, 0.15) is 31.0 Å². The number of Topliss-reactive ketones (excluding diaryl/α,β-unsaturated/α-hetero) is 1. The van der Waals surface area contributed by atoms with E-state index in [4.69, 9.17) is 40.4 Å². The Morgan fingerprint density at radius 3 is 1.91 bits per heavy atom. The number of hydrogen-bond acceptors (Lipinski definition) is 10. The van der Waals surface area contributed by atoms with Gasteiger partial charge in [-0.25, -0.2) is 4.57 Å². The topological polar surface area (TPSA) is 222 Å². The molecule has 0 aliphatic rings. The van der Waals surface area contributed by atoms with Gasteiger partial charge in [-0.05, 0) is 0 Å². The average Bonchev–Trinajstić information content (AvgIpc) is 2.49. The van der Waals surface area contributed by atoms with Crippen molar-refractivity contribution in [3.8, 4) is 0 Å². The summed E-state index contributed by atoms with van der Waals surface area (Å²) in [4.78, 5) is 36.6. The van der Waals surface area contributed by atoms with Gasteiger partial charge in [0.2, 0.25) is 0 Å². The van der Waals surface area contributed by atoms with Crippen molar-refractivity contribution in [2.24, 2.45) is 0 Å². The van der Waals surface area contributed by atoms with Crippen LogP contribution in [0.4, 0.5) is 0 Å². The number of carbonyl (C=O) groups is 2. The fourth-order valence-electron chi connectivity index (χ4n) is 0.809. The van der Waals surface area contributed by atoms with Crippen LogP contribution in [0, 0.1) is 0 Å². The Bertz CT molecular complexity index is 368. The molecule has 0 fully saturated rings. The summed E-state index contributed by atoms with van der Waals surface area (Å²) >= 11 is 0. The van der Waals surface area contributed by atoms with Crippen LogP contribution in [0.3, 0.4) is 0 Å². The van der Waals surface area contributed by atoms with Crippen LogP contribution in [0.2, 0.25) is 0 Å². The van der Waals surface area contributed by atoms with Gasteiger partial charge >= 0.3 is 7.82 Å². The summed E-state index contributed by atoms with van der Waals surface area (Å²) in [5.41, 5.74) is 0. The molecule has 0 aliphatic heterocycles. The van der Waals surface area contributed by atoms with Crippen LogP contribution in [-0.4, -0.2) is 96.7 Å². The highest BCUT2D eigenvalue weighted by atomic mass is 31.2. The molecule has 0 rings (SSSR count). The largest absolute Gasteiger partial charge is 0.469 e. The summed E-state index contributed by atoms with van der Waals surface area (Å²) < 4.78 is 14.1. The van der Waals surface area contributed by atoms with Gasteiger partial charge in [0.25, 0.3) is 0 Å². The normalized spacial score (nSPS) is 16.7. The number of rotatable bonds is 9. The molecule has 8 N–H and O–H groups in total. The molecule has 1 unspecified atom stereocenters. The van der Waals surface area contributed by atoms with E-state index in [0.717, 1.165) is 0 Å². The molecular formula is C9H19O12P. The first-order chi connectivity index (χ1) is 9.99. The Kier molecular flexibility index (Phi) is 12.5. The minimum atomic E-state index is -4.81. The first-order valence-corrected chi connectivity index (χ1v) is 7.15. The van der Waals surface area contributed by atoms with Gasteiger partial charge in [0, 0.05) is 0 Å². The van der Waals surface area contributed by atoms with Crippen LogP contribution >= 0.6 is 7.82 Å². The van der Waals surface area contributed by atoms with E-state index in [9.17, 15) is 14.2 Å². The van der Waals surface area contributed by atoms with Gasteiger partial charge in [-0.15, -0.1) is 0 Å². The van der Waals surface area contributed by atoms with Crippen molar-refractivity contribution in [1.82, 2.24) is 0 Å². The van der Waals surface area contributed by atoms with E-state index < -0.39 is 57.8 Å². The van der Waals surface area contributed by atoms with E-state index in [0.29, 0.717) is 0 Å². The third-order valence-corrected chi connectivity index (χ3v) is 2.45. The summed E-state index contributed by atoms with van der Waals surface area (Å²) in [6.45, 7) is -2.49. The van der Waals surface area contributed by atoms with Crippen molar-refractivity contribution >= 4 is 19.9 Å². The maximum absolute atomic E-state index is 10.7. The highest BCUT2D eigenvalue weighted by molar-refractivity contribution is 7.46. The summed E-state index contributed by atoms with van der Waals surface area (Å²) in [5.74, 6) is -1.14. The molecule has 0 amide bonds. The predicted molar refractivity (Wildman–Crippen MR) is 67.3 cm³/mol. The second kappa shape index (κ2) is 11.7. The highest BCUT2D eigenvalue weighted by Gasteiger charge is 2.31. The van der Waals surface area contributed by atoms with Gasteiger partial charge in [-0.3, -0.25) is 9.32 Å². The molecule has 0 bridgehead atoms. The molecule has 0 saturated heterocycles. The molecule has 0 aromatic heterocycles. The van der Waals surface area contributed by atoms with Crippen molar-refractivity contribution in [2.75, 3.05) is 19.8 Å². The third-order valence-electron chi connectivity index (χ3n) is 1.96. The SMILES string of the molecule is O=C(CO)[C@@H](O)[C@H](O)[C@H](O)COP(=O)(O)O.O=CC(O)CO. The summed E-state index contributed by atoms with van der Waals surface area (Å²) in [5, 5.41) is 51.5. The lowest BCUT2D eigenvalue weighted by Crippen LogP contribution is -2.45. The molecule has 0 aromatic carbocycles. The fraction of sp³-hybridized carbons (Fsp3) is 0.778. The molecule has 0 radical (unpaired) electrons. The van der Waals surface area contributed by atoms with E-state index in [2.05, 4.69) is 4.52 Å². The smallest absolute Gasteiger partial charge is 0.393 e. The van der Waals surface area contributed by atoms with Crippen LogP contribution in [0.1, 0.15) is 0 Å². The van der Waals surface area contributed by atoms with E-state index in [1.54, 1.807) is 0 Å². The van der Waals surface area contributed by atoms with Gasteiger partial charge in [-0.1, -0.05) is 0 Å². The zero-order chi connectivity index (χ0) is 17.9. The number of phosphoric ester groups is 1. The standard InChI is InChI=1S/C6H13O9P.C3H6O3/c7-1-3(8)5(10)6(11)4(9)2-15-16(12,13)14;4-1-3(6)2-5/h4-7,9-11H,1-2H2,(H2,12,13,14);1,3,5-6H,2H2/t4-,5-,6-;/m1./s1. The molecule has 0 aliphatic carbocycles. The van der Waals surface area contributed by atoms with Crippen molar-refractivity contribution < 1.29 is 59.1 Å². The Morgan fingerprint density at radius 1 is 1.14 bits per heavy atom. The number of hydrogen-bond donors (Lipinski definition) is 8. The number of carbonyl (C=O) groups excluding carboxylic acids is 2. The van der Waals surface area contributed by atoms with E-state index in [-0.39, 0.29) is 6.29 Å². The fourth-order valence-corrected chi connectivity index (χ4v) is 1.16. The minimum Gasteiger partial charge on any atom is -0.393 e. The quantitative estimate of drug-likeness (QED) is 0.145. The molecule has 22 heavy (non-hydrogen) atoms. The van der Waals surface area contributed by atoms with Crippen molar-refractivity contribution in [2.45, 2.75) is 24.4 Å². The highest BCUT2D eigenvalue weighted by Crippen LogP contribution is 2.35. The number of phosphoric acid groups is 1. The van der Waals surface area contributed by atoms with Gasteiger partial charge in [0.05, 0.1) is 13.2 Å². The maximum Gasteiger partial charge on any atom is 0.469 e. The molecule has 12 nitrogen and oxygen atoms in total. The minimum absolute atomic E-state index is 0.278. The average molecular weight is 350 g/mol. The van der Waals surface area contributed by atoms with Crippen LogP contribution in [0.15, 0.2) is 0 Å². The lowest BCUT2D eigenvalue weighted by atomic mass is 10.1. The number of aldehydes is 1. The maximum atomic E-state index is 10.7. The number of aliphatic hydroxyl groups excluding tert-OH is 6. The predicted octanol–water partition coefficient (Wildman–Crippen LogP) is -4.72. The molecule has 0 heterocycles. The second-order valence-corrected chi connectivity index (χ2v) is 5.04. The zero-order valence-corrected chi connectivity index (χ0v) is 12.1. The molecule has 0 spiro atoms. The van der Waals surface area contributed by atoms with Crippen LogP contribution in [-0.2, 0) is 18.7 Å². The van der Waals surface area contributed by atoms with Gasteiger partial charge in [0.15, 0.2) is 12.1 Å². The summed E-state index contributed by atoms with van der Waals surface area (Å²) in [7, 11) is -4.81. The van der Waals surface area contributed by atoms with Gasteiger partial charge < -0.3 is 45.2 Å². The Labute approximate surface area is 124 Å². The lowest BCUT2D eigenvalue weighted by molar-refractivity contribution is -0.142. The van der Waals surface area contributed by atoms with Crippen LogP contribution < -0.4 is 0 Å². The monoisotopic (exact) mass is 350 g/mol. The second-order valence-electron chi connectivity index (χ2n) is 3.80. The first-order valence-electron chi connectivity index (χ1n) is 5.62. The first kappa shape index (κ1) is 23.5. The van der Waals surface area contributed by atoms with E-state index in [1.807, 2.05) is 0 Å². The third kappa shape index (κ3) is 11.8. The van der Waals surface area contributed by atoms with Crippen molar-refractivity contribution in [3.05, 3.63) is 0 Å². The van der Waals surface area contributed by atoms with Crippen molar-refractivity contribution in [1.29, 1.82) is 0 Å². The number of ketones is 1. The van der Waals surface area contributed by atoms with E-state index >= 15 is 0 Å². The molecular weight excluding hydrogens is 331 g/mol. The summed E-state index contributed by atoms with van der Waals surface area (Å²) in [6, 6.07) is 0. The molecule has 4 atom stereocenters. The Morgan fingerprint density at radius 2 is 1.64 bits per heavy atom. The number of aliphatic hydroxyl groups is 6. The zero-order valence-electron chi connectivity index (χ0n) is 11.2. The van der Waals surface area contributed by atoms with Crippen LogP contribution in [0.25, 0.3) is 0 Å². The summed E-state index contributed by atoms with van der Waals surface area (Å²) in [6.07, 6.45) is -6.85.